The van der Waals surface area contributed by atoms with Crippen LogP contribution in [0, 0.1) is 5.92 Å². The van der Waals surface area contributed by atoms with Crippen LogP contribution in [-0.2, 0) is 0 Å². The van der Waals surface area contributed by atoms with E-state index in [0.29, 0.717) is 43.2 Å². The predicted molar refractivity (Wildman–Crippen MR) is 102 cm³/mol. The second kappa shape index (κ2) is 14.3. The van der Waals surface area contributed by atoms with Gasteiger partial charge in [0.1, 0.15) is 0 Å². The molecule has 0 aliphatic heterocycles. The van der Waals surface area contributed by atoms with Gasteiger partial charge in [-0.15, -0.1) is 0 Å². The van der Waals surface area contributed by atoms with E-state index in [1.165, 1.54) is 4.90 Å². The van der Waals surface area contributed by atoms with Crippen LogP contribution in [0.25, 0.3) is 0 Å². The molecule has 0 rings (SSSR count). The quantitative estimate of drug-likeness (QED) is 0.246. The van der Waals surface area contributed by atoms with Crippen molar-refractivity contribution in [2.24, 2.45) is 5.92 Å². The van der Waals surface area contributed by atoms with Crippen molar-refractivity contribution in [1.29, 1.82) is 0 Å². The molecular formula is C19H34F4N2O4. The number of nitrogens with zero attached hydrogens (tertiary/aromatic N) is 2. The van der Waals surface area contributed by atoms with Crippen molar-refractivity contribution < 1.29 is 37.4 Å². The van der Waals surface area contributed by atoms with Crippen LogP contribution in [0.1, 0.15) is 65.2 Å². The van der Waals surface area contributed by atoms with E-state index >= 15 is 0 Å². The third kappa shape index (κ3) is 11.8. The lowest BCUT2D eigenvalue weighted by Gasteiger charge is -2.25. The van der Waals surface area contributed by atoms with Crippen LogP contribution in [0.3, 0.4) is 0 Å². The molecule has 0 spiro atoms. The Morgan fingerprint density at radius 2 is 1.41 bits per heavy atom. The number of hydrogen-bond acceptors (Lipinski definition) is 2. The monoisotopic (exact) mass is 430 g/mol. The minimum absolute atomic E-state index is 0.243. The summed E-state index contributed by atoms with van der Waals surface area (Å²) in [5, 5.41) is 18.3. The normalized spacial score (nSPS) is 12.8. The van der Waals surface area contributed by atoms with Crippen molar-refractivity contribution >= 4 is 12.2 Å². The topological polar surface area (TPSA) is 81.1 Å². The van der Waals surface area contributed by atoms with E-state index in [1.807, 2.05) is 6.92 Å². The SMILES string of the molecule is CCCCC(CC)CN(CCCCCCN(CC(F)(F)C(F)F)C(=O)O)C(=O)O. The largest absolute Gasteiger partial charge is 0.465 e. The highest BCUT2D eigenvalue weighted by Gasteiger charge is 2.43. The predicted octanol–water partition coefficient (Wildman–Crippen LogP) is 5.62. The standard InChI is InChI=1S/C19H34F4N2O4/c1-3-5-10-15(4-2)13-24(17(26)27)11-8-6-7-9-12-25(18(28)29)14-19(22,23)16(20)21/h15-16H,3-14H2,1-2H3,(H,26,27)(H,28,29). The molecule has 172 valence electrons. The maximum atomic E-state index is 13.0. The molecule has 0 saturated heterocycles. The highest BCUT2D eigenvalue weighted by atomic mass is 19.3. The van der Waals surface area contributed by atoms with E-state index in [4.69, 9.17) is 5.11 Å². The molecule has 1 unspecified atom stereocenters. The number of hydrogen-bond donors (Lipinski definition) is 2. The first-order chi connectivity index (χ1) is 13.5. The molecule has 0 fully saturated rings. The third-order valence-corrected chi connectivity index (χ3v) is 4.89. The summed E-state index contributed by atoms with van der Waals surface area (Å²) in [6.45, 7) is 3.14. The van der Waals surface area contributed by atoms with E-state index in [0.717, 1.165) is 25.7 Å². The Balaban J connectivity index is 4.29. The number of unbranched alkanes of at least 4 members (excludes halogenated alkanes) is 4. The van der Waals surface area contributed by atoms with Crippen molar-refractivity contribution in [3.8, 4) is 0 Å². The molecule has 2 N–H and O–H groups in total. The summed E-state index contributed by atoms with van der Waals surface area (Å²) in [6.07, 6.45) is -0.690. The van der Waals surface area contributed by atoms with Crippen molar-refractivity contribution in [1.82, 2.24) is 9.80 Å². The van der Waals surface area contributed by atoms with Gasteiger partial charge in [0.05, 0.1) is 6.54 Å². The third-order valence-electron chi connectivity index (χ3n) is 4.89. The highest BCUT2D eigenvalue weighted by molar-refractivity contribution is 5.65. The Morgan fingerprint density at radius 3 is 1.83 bits per heavy atom. The lowest BCUT2D eigenvalue weighted by Crippen LogP contribution is -2.44. The summed E-state index contributed by atoms with van der Waals surface area (Å²) in [7, 11) is 0. The first-order valence-corrected chi connectivity index (χ1v) is 10.2. The van der Waals surface area contributed by atoms with Crippen LogP contribution in [-0.4, -0.2) is 70.7 Å². The second-order valence-corrected chi connectivity index (χ2v) is 7.33. The van der Waals surface area contributed by atoms with Crippen LogP contribution in [0.2, 0.25) is 0 Å². The lowest BCUT2D eigenvalue weighted by atomic mass is 9.98. The zero-order valence-electron chi connectivity index (χ0n) is 17.3. The Labute approximate surface area is 169 Å². The maximum Gasteiger partial charge on any atom is 0.407 e. The van der Waals surface area contributed by atoms with E-state index in [1.54, 1.807) is 0 Å². The minimum Gasteiger partial charge on any atom is -0.465 e. The Bertz CT molecular complexity index is 481. The van der Waals surface area contributed by atoms with Crippen LogP contribution >= 0.6 is 0 Å². The Hall–Kier alpha value is -1.74. The van der Waals surface area contributed by atoms with Gasteiger partial charge < -0.3 is 20.0 Å². The molecule has 0 aromatic carbocycles. The average Bonchev–Trinajstić information content (AvgIpc) is 2.64. The summed E-state index contributed by atoms with van der Waals surface area (Å²) in [4.78, 5) is 24.1. The zero-order valence-corrected chi connectivity index (χ0v) is 17.3. The zero-order chi connectivity index (χ0) is 22.4. The van der Waals surface area contributed by atoms with Crippen molar-refractivity contribution in [2.45, 2.75) is 77.6 Å². The molecule has 0 radical (unpaired) electrons. The number of amides is 2. The van der Waals surface area contributed by atoms with Crippen LogP contribution < -0.4 is 0 Å². The molecule has 0 aliphatic rings. The van der Waals surface area contributed by atoms with Crippen LogP contribution in [0.5, 0.6) is 0 Å². The fourth-order valence-electron chi connectivity index (χ4n) is 3.02. The Kier molecular flexibility index (Phi) is 13.4. The molecule has 1 atom stereocenters. The first kappa shape index (κ1) is 27.3. The molecule has 10 heteroatoms. The van der Waals surface area contributed by atoms with Gasteiger partial charge in [0.2, 0.25) is 0 Å². The number of halogens is 4. The van der Waals surface area contributed by atoms with Crippen LogP contribution in [0.15, 0.2) is 0 Å². The Morgan fingerprint density at radius 1 is 0.897 bits per heavy atom. The molecule has 0 aliphatic carbocycles. The molecule has 0 aromatic rings. The summed E-state index contributed by atoms with van der Waals surface area (Å²) in [6, 6.07) is 0. The van der Waals surface area contributed by atoms with Gasteiger partial charge in [-0.2, -0.15) is 8.78 Å². The summed E-state index contributed by atoms with van der Waals surface area (Å²) >= 11 is 0. The van der Waals surface area contributed by atoms with E-state index in [9.17, 15) is 32.3 Å². The fourth-order valence-corrected chi connectivity index (χ4v) is 3.02. The van der Waals surface area contributed by atoms with Crippen molar-refractivity contribution in [3.05, 3.63) is 0 Å². The second-order valence-electron chi connectivity index (χ2n) is 7.33. The molecule has 0 bridgehead atoms. The van der Waals surface area contributed by atoms with Gasteiger partial charge in [-0.3, -0.25) is 0 Å². The van der Waals surface area contributed by atoms with Gasteiger partial charge in [-0.25, -0.2) is 18.4 Å². The number of rotatable bonds is 16. The van der Waals surface area contributed by atoms with Gasteiger partial charge in [0.25, 0.3) is 0 Å². The van der Waals surface area contributed by atoms with Gasteiger partial charge in [-0.1, -0.05) is 46.0 Å². The molecule has 29 heavy (non-hydrogen) atoms. The summed E-state index contributed by atoms with van der Waals surface area (Å²) in [5.41, 5.74) is 0. The van der Waals surface area contributed by atoms with Gasteiger partial charge in [0, 0.05) is 19.6 Å². The molecule has 0 aromatic heterocycles. The molecule has 0 saturated carbocycles. The average molecular weight is 430 g/mol. The van der Waals surface area contributed by atoms with Gasteiger partial charge >= 0.3 is 24.5 Å². The molecule has 2 amide bonds. The van der Waals surface area contributed by atoms with E-state index in [-0.39, 0.29) is 13.0 Å². The molecular weight excluding hydrogens is 396 g/mol. The lowest BCUT2D eigenvalue weighted by molar-refractivity contribution is -0.138. The van der Waals surface area contributed by atoms with E-state index in [2.05, 4.69) is 6.92 Å². The van der Waals surface area contributed by atoms with Gasteiger partial charge in [0.15, 0.2) is 0 Å². The fraction of sp³-hybridized carbons (Fsp3) is 0.895. The van der Waals surface area contributed by atoms with Crippen molar-refractivity contribution in [2.75, 3.05) is 26.2 Å². The summed E-state index contributed by atoms with van der Waals surface area (Å²) in [5.74, 6) is -4.07. The van der Waals surface area contributed by atoms with Gasteiger partial charge in [-0.05, 0) is 25.2 Å². The smallest absolute Gasteiger partial charge is 0.407 e. The van der Waals surface area contributed by atoms with Crippen molar-refractivity contribution in [3.63, 3.8) is 0 Å². The highest BCUT2D eigenvalue weighted by Crippen LogP contribution is 2.24. The number of carboxylic acid groups (broad SMARTS) is 2. The van der Waals surface area contributed by atoms with E-state index < -0.39 is 31.1 Å². The molecule has 6 nitrogen and oxygen atoms in total. The first-order valence-electron chi connectivity index (χ1n) is 10.2. The number of carbonyl (C=O) groups is 2. The van der Waals surface area contributed by atoms with Crippen LogP contribution in [0.4, 0.5) is 27.2 Å². The molecule has 0 heterocycles. The summed E-state index contributed by atoms with van der Waals surface area (Å²) < 4.78 is 50.5. The number of alkyl halides is 4. The minimum atomic E-state index is -4.38. The maximum absolute atomic E-state index is 13.0.